The van der Waals surface area contributed by atoms with Crippen LogP contribution < -0.4 is 11.1 Å². The van der Waals surface area contributed by atoms with E-state index in [0.717, 1.165) is 23.9 Å². The van der Waals surface area contributed by atoms with Gasteiger partial charge in [0.05, 0.1) is 17.9 Å². The Hall–Kier alpha value is -2.61. The Labute approximate surface area is 143 Å². The quantitative estimate of drug-likeness (QED) is 0.786. The number of nitrogens with one attached hydrogen (secondary N) is 1. The van der Waals surface area contributed by atoms with Crippen LogP contribution in [0.1, 0.15) is 29.4 Å². The summed E-state index contributed by atoms with van der Waals surface area (Å²) in [5.74, 6) is 0.282. The van der Waals surface area contributed by atoms with Crippen molar-refractivity contribution in [2.75, 3.05) is 11.1 Å². The Balaban J connectivity index is 1.82. The van der Waals surface area contributed by atoms with Crippen molar-refractivity contribution < 1.29 is 9.90 Å². The molecule has 124 valence electrons. The lowest BCUT2D eigenvalue weighted by molar-refractivity contribution is 0.102. The van der Waals surface area contributed by atoms with Gasteiger partial charge in [-0.1, -0.05) is 23.9 Å². The summed E-state index contributed by atoms with van der Waals surface area (Å²) in [4.78, 5) is 24.3. The van der Waals surface area contributed by atoms with Crippen molar-refractivity contribution in [2.45, 2.75) is 18.9 Å². The highest BCUT2D eigenvalue weighted by atomic mass is 32.2. The highest BCUT2D eigenvalue weighted by molar-refractivity contribution is 8.13. The number of thioether (sulfide) groups is 1. The maximum absolute atomic E-state index is 12.2. The molecule has 0 spiro atoms. The van der Waals surface area contributed by atoms with Gasteiger partial charge in [0.1, 0.15) is 5.69 Å². The minimum absolute atomic E-state index is 0.126. The molecule has 4 N–H and O–H groups in total. The number of carbonyl (C=O) groups excluding carboxylic acids is 1. The van der Waals surface area contributed by atoms with Crippen molar-refractivity contribution in [2.24, 2.45) is 10.7 Å². The fourth-order valence-electron chi connectivity index (χ4n) is 2.46. The number of benzene rings is 1. The molecule has 1 amide bonds. The molecule has 1 aliphatic rings. The van der Waals surface area contributed by atoms with Gasteiger partial charge in [-0.25, -0.2) is 9.97 Å². The van der Waals surface area contributed by atoms with E-state index in [4.69, 9.17) is 10.8 Å². The first-order chi connectivity index (χ1) is 11.5. The van der Waals surface area contributed by atoms with Crippen LogP contribution >= 0.6 is 11.8 Å². The van der Waals surface area contributed by atoms with Crippen molar-refractivity contribution in [3.05, 3.63) is 47.9 Å². The predicted octanol–water partition coefficient (Wildman–Crippen LogP) is 2.10. The lowest BCUT2D eigenvalue weighted by Gasteiger charge is -2.30. The van der Waals surface area contributed by atoms with E-state index in [0.29, 0.717) is 10.9 Å². The summed E-state index contributed by atoms with van der Waals surface area (Å²) in [7, 11) is 0. The van der Waals surface area contributed by atoms with Crippen molar-refractivity contribution in [1.29, 1.82) is 0 Å². The van der Waals surface area contributed by atoms with Crippen LogP contribution in [-0.2, 0) is 5.54 Å². The molecule has 2 heterocycles. The maximum Gasteiger partial charge on any atom is 0.275 e. The third-order valence-electron chi connectivity index (χ3n) is 3.81. The standard InChI is InChI=1S/C16H17N5O2S/c1-16(5-6-24-15(17)21-16)10-3-2-4-11(7-10)20-14(23)12-8-19-13(22)9-18-12/h2-4,7-9H,5-6H2,1H3,(H2,17,21)(H,19,22)(H,20,23)/t16-/m0/s1. The van der Waals surface area contributed by atoms with Gasteiger partial charge in [-0.05, 0) is 31.0 Å². The van der Waals surface area contributed by atoms with Crippen molar-refractivity contribution >= 4 is 28.5 Å². The average molecular weight is 343 g/mol. The number of nitrogens with two attached hydrogens (primary N) is 1. The molecule has 1 aromatic carbocycles. The van der Waals surface area contributed by atoms with Crippen molar-refractivity contribution in [1.82, 2.24) is 9.97 Å². The number of nitrogens with zero attached hydrogens (tertiary/aromatic N) is 3. The summed E-state index contributed by atoms with van der Waals surface area (Å²) in [5, 5.41) is 12.5. The molecule has 3 rings (SSSR count). The predicted molar refractivity (Wildman–Crippen MR) is 94.1 cm³/mol. The Morgan fingerprint density at radius 1 is 1.38 bits per heavy atom. The molecule has 1 atom stereocenters. The minimum atomic E-state index is -0.396. The van der Waals surface area contributed by atoms with Crippen molar-refractivity contribution in [3.63, 3.8) is 0 Å². The first kappa shape index (κ1) is 16.3. The van der Waals surface area contributed by atoms with Crippen LogP contribution in [0, 0.1) is 0 Å². The van der Waals surface area contributed by atoms with E-state index in [1.54, 1.807) is 17.8 Å². The third kappa shape index (κ3) is 3.48. The molecular formula is C16H17N5O2S. The van der Waals surface area contributed by atoms with E-state index in [1.807, 2.05) is 25.1 Å². The van der Waals surface area contributed by atoms with Gasteiger partial charge < -0.3 is 16.2 Å². The molecule has 2 aromatic rings. The Morgan fingerprint density at radius 2 is 2.21 bits per heavy atom. The van der Waals surface area contributed by atoms with Crippen LogP contribution in [0.3, 0.4) is 0 Å². The minimum Gasteiger partial charge on any atom is -0.492 e. The fraction of sp³-hybridized carbons (Fsp3) is 0.250. The first-order valence-electron chi connectivity index (χ1n) is 7.37. The first-order valence-corrected chi connectivity index (χ1v) is 8.36. The fourth-order valence-corrected chi connectivity index (χ4v) is 3.43. The van der Waals surface area contributed by atoms with E-state index in [1.165, 1.54) is 6.20 Å². The summed E-state index contributed by atoms with van der Waals surface area (Å²) in [6, 6.07) is 7.52. The van der Waals surface area contributed by atoms with E-state index in [9.17, 15) is 4.79 Å². The average Bonchev–Trinajstić information content (AvgIpc) is 2.55. The van der Waals surface area contributed by atoms with Gasteiger partial charge in [0.25, 0.3) is 5.91 Å². The van der Waals surface area contributed by atoms with Gasteiger partial charge in [0.2, 0.25) is 5.88 Å². The largest absolute Gasteiger partial charge is 0.492 e. The van der Waals surface area contributed by atoms with E-state index in [-0.39, 0.29) is 11.6 Å². The summed E-state index contributed by atoms with van der Waals surface area (Å²) in [6.07, 6.45) is 3.22. The highest BCUT2D eigenvalue weighted by Gasteiger charge is 2.29. The number of aromatic hydroxyl groups is 1. The van der Waals surface area contributed by atoms with Gasteiger partial charge in [-0.15, -0.1) is 0 Å². The molecule has 24 heavy (non-hydrogen) atoms. The van der Waals surface area contributed by atoms with Crippen LogP contribution in [0.5, 0.6) is 5.88 Å². The van der Waals surface area contributed by atoms with E-state index in [2.05, 4.69) is 20.3 Å². The molecule has 0 saturated carbocycles. The number of anilines is 1. The number of amidine groups is 1. The van der Waals surface area contributed by atoms with Gasteiger partial charge >= 0.3 is 0 Å². The van der Waals surface area contributed by atoms with Gasteiger partial charge in [-0.3, -0.25) is 9.79 Å². The smallest absolute Gasteiger partial charge is 0.275 e. The summed E-state index contributed by atoms with van der Waals surface area (Å²) >= 11 is 1.55. The lowest BCUT2D eigenvalue weighted by Crippen LogP contribution is -2.28. The van der Waals surface area contributed by atoms with Crippen LogP contribution in [0.25, 0.3) is 0 Å². The zero-order chi connectivity index (χ0) is 17.2. The number of carbonyl (C=O) groups is 1. The number of aromatic nitrogens is 2. The number of rotatable bonds is 3. The van der Waals surface area contributed by atoms with Gasteiger partial charge in [0.15, 0.2) is 5.17 Å². The van der Waals surface area contributed by atoms with Crippen LogP contribution in [0.2, 0.25) is 0 Å². The van der Waals surface area contributed by atoms with Crippen LogP contribution in [-0.4, -0.2) is 31.9 Å². The zero-order valence-electron chi connectivity index (χ0n) is 13.1. The second-order valence-electron chi connectivity index (χ2n) is 5.62. The molecule has 0 bridgehead atoms. The molecule has 1 aromatic heterocycles. The molecule has 0 unspecified atom stereocenters. The lowest BCUT2D eigenvalue weighted by atomic mass is 9.89. The van der Waals surface area contributed by atoms with E-state index < -0.39 is 11.4 Å². The topological polar surface area (TPSA) is 113 Å². The second kappa shape index (κ2) is 6.48. The molecular weight excluding hydrogens is 326 g/mol. The van der Waals surface area contributed by atoms with Gasteiger partial charge in [0, 0.05) is 11.4 Å². The second-order valence-corrected chi connectivity index (χ2v) is 6.73. The number of aliphatic imine (C=N–C) groups is 1. The van der Waals surface area contributed by atoms with Gasteiger partial charge in [-0.2, -0.15) is 0 Å². The third-order valence-corrected chi connectivity index (χ3v) is 4.60. The summed E-state index contributed by atoms with van der Waals surface area (Å²) in [5.41, 5.74) is 7.22. The number of amides is 1. The molecule has 1 aliphatic heterocycles. The van der Waals surface area contributed by atoms with Crippen molar-refractivity contribution in [3.8, 4) is 5.88 Å². The molecule has 0 radical (unpaired) electrons. The molecule has 8 heteroatoms. The summed E-state index contributed by atoms with van der Waals surface area (Å²) in [6.45, 7) is 2.03. The number of hydrogen-bond donors (Lipinski definition) is 3. The highest BCUT2D eigenvalue weighted by Crippen LogP contribution is 2.35. The SMILES string of the molecule is C[C@@]1(c2cccc(NC(=O)c3cnc(O)cn3)c2)CCSC(N)=N1. The Bertz CT molecular complexity index is 793. The van der Waals surface area contributed by atoms with Crippen LogP contribution in [0.4, 0.5) is 5.69 Å². The van der Waals surface area contributed by atoms with E-state index >= 15 is 0 Å². The summed E-state index contributed by atoms with van der Waals surface area (Å²) < 4.78 is 0. The van der Waals surface area contributed by atoms with Crippen LogP contribution in [0.15, 0.2) is 41.7 Å². The monoisotopic (exact) mass is 343 g/mol. The molecule has 7 nitrogen and oxygen atoms in total. The normalized spacial score (nSPS) is 20.3. The molecule has 0 aliphatic carbocycles. The number of hydrogen-bond acceptors (Lipinski definition) is 7. The Kier molecular flexibility index (Phi) is 4.39. The molecule has 0 fully saturated rings. The molecule has 0 saturated heterocycles. The Morgan fingerprint density at radius 3 is 2.92 bits per heavy atom. The maximum atomic E-state index is 12.2. The zero-order valence-corrected chi connectivity index (χ0v) is 13.9.